The molecule has 0 atom stereocenters. The summed E-state index contributed by atoms with van der Waals surface area (Å²) >= 11 is 0. The number of hydrogen-bond acceptors (Lipinski definition) is 6. The zero-order valence-electron chi connectivity index (χ0n) is 13.4. The first-order valence-corrected chi connectivity index (χ1v) is 8.09. The summed E-state index contributed by atoms with van der Waals surface area (Å²) in [4.78, 5) is 9.01. The van der Waals surface area contributed by atoms with Crippen molar-refractivity contribution in [3.8, 4) is 0 Å². The van der Waals surface area contributed by atoms with Crippen LogP contribution in [0.5, 0.6) is 0 Å². The number of anilines is 1. The Morgan fingerprint density at radius 1 is 1.17 bits per heavy atom. The maximum atomic E-state index is 5.42. The van der Waals surface area contributed by atoms with Gasteiger partial charge in [-0.25, -0.2) is 4.98 Å². The second kappa shape index (κ2) is 5.64. The van der Waals surface area contributed by atoms with Gasteiger partial charge in [-0.05, 0) is 26.7 Å². The number of aromatic nitrogens is 5. The second-order valence-electron chi connectivity index (χ2n) is 6.22. The minimum Gasteiger partial charge on any atom is -0.362 e. The summed E-state index contributed by atoms with van der Waals surface area (Å²) in [7, 11) is 0. The molecule has 0 amide bonds. The zero-order chi connectivity index (χ0) is 15.8. The molecule has 3 aromatic heterocycles. The van der Waals surface area contributed by atoms with Gasteiger partial charge in [0.05, 0.1) is 12.2 Å². The standard InChI is InChI=1S/C16H20N6O/c1-10-7-14(22-15(18-10)8-11(2)20-22)17-9-13-19-16(23-21-13)12-5-3-4-6-12/h7-8,12,17H,3-6,9H2,1-2H3. The lowest BCUT2D eigenvalue weighted by atomic mass is 10.1. The average molecular weight is 312 g/mol. The molecular weight excluding hydrogens is 292 g/mol. The number of nitrogens with zero attached hydrogens (tertiary/aromatic N) is 5. The van der Waals surface area contributed by atoms with E-state index in [0.29, 0.717) is 18.3 Å². The molecule has 120 valence electrons. The topological polar surface area (TPSA) is 81.1 Å². The Kier molecular flexibility index (Phi) is 3.48. The number of fused-ring (bicyclic) bond motifs is 1. The largest absolute Gasteiger partial charge is 0.362 e. The molecule has 0 spiro atoms. The summed E-state index contributed by atoms with van der Waals surface area (Å²) in [5.74, 6) is 2.79. The van der Waals surface area contributed by atoms with Crippen LogP contribution in [0.1, 0.15) is 54.7 Å². The third kappa shape index (κ3) is 2.78. The van der Waals surface area contributed by atoms with Crippen molar-refractivity contribution >= 4 is 11.5 Å². The van der Waals surface area contributed by atoms with E-state index in [0.717, 1.165) is 41.6 Å². The fourth-order valence-corrected chi connectivity index (χ4v) is 3.19. The van der Waals surface area contributed by atoms with Crippen LogP contribution in [0.4, 0.5) is 5.82 Å². The number of nitrogens with one attached hydrogen (secondary N) is 1. The highest BCUT2D eigenvalue weighted by atomic mass is 16.5. The molecule has 1 fully saturated rings. The van der Waals surface area contributed by atoms with Crippen LogP contribution in [0.25, 0.3) is 5.65 Å². The predicted molar refractivity (Wildman–Crippen MR) is 85.3 cm³/mol. The van der Waals surface area contributed by atoms with Crippen molar-refractivity contribution in [3.63, 3.8) is 0 Å². The van der Waals surface area contributed by atoms with Crippen molar-refractivity contribution in [2.45, 2.75) is 52.0 Å². The highest BCUT2D eigenvalue weighted by Crippen LogP contribution is 2.32. The molecule has 3 heterocycles. The molecule has 1 saturated carbocycles. The number of hydrogen-bond donors (Lipinski definition) is 1. The highest BCUT2D eigenvalue weighted by Gasteiger charge is 2.22. The van der Waals surface area contributed by atoms with Crippen molar-refractivity contribution in [1.29, 1.82) is 0 Å². The van der Waals surface area contributed by atoms with Crippen molar-refractivity contribution in [3.05, 3.63) is 35.2 Å². The molecule has 1 N–H and O–H groups in total. The molecule has 1 aliphatic carbocycles. The van der Waals surface area contributed by atoms with Gasteiger partial charge in [-0.3, -0.25) is 0 Å². The molecular formula is C16H20N6O. The van der Waals surface area contributed by atoms with Gasteiger partial charge >= 0.3 is 0 Å². The van der Waals surface area contributed by atoms with Crippen molar-refractivity contribution in [1.82, 2.24) is 24.7 Å². The third-order valence-electron chi connectivity index (χ3n) is 4.29. The van der Waals surface area contributed by atoms with Crippen LogP contribution in [0, 0.1) is 13.8 Å². The number of aryl methyl sites for hydroxylation is 2. The molecule has 4 rings (SSSR count). The molecule has 3 aromatic rings. The maximum absolute atomic E-state index is 5.42. The van der Waals surface area contributed by atoms with Gasteiger partial charge in [0.2, 0.25) is 5.89 Å². The first kappa shape index (κ1) is 14.2. The van der Waals surface area contributed by atoms with Gasteiger partial charge in [0.15, 0.2) is 11.5 Å². The monoisotopic (exact) mass is 312 g/mol. The van der Waals surface area contributed by atoms with Crippen LogP contribution in [0.15, 0.2) is 16.7 Å². The van der Waals surface area contributed by atoms with Crippen LogP contribution in [-0.4, -0.2) is 24.7 Å². The van der Waals surface area contributed by atoms with E-state index in [4.69, 9.17) is 4.52 Å². The molecule has 0 aromatic carbocycles. The Bertz CT molecular complexity index is 830. The van der Waals surface area contributed by atoms with Crippen LogP contribution in [0.3, 0.4) is 0 Å². The van der Waals surface area contributed by atoms with Gasteiger partial charge in [0, 0.05) is 23.7 Å². The molecule has 0 radical (unpaired) electrons. The summed E-state index contributed by atoms with van der Waals surface area (Å²) in [5, 5.41) is 11.9. The first-order chi connectivity index (χ1) is 11.2. The van der Waals surface area contributed by atoms with Gasteiger partial charge < -0.3 is 9.84 Å². The maximum Gasteiger partial charge on any atom is 0.229 e. The van der Waals surface area contributed by atoms with E-state index in [1.807, 2.05) is 26.0 Å². The van der Waals surface area contributed by atoms with Gasteiger partial charge in [-0.15, -0.1) is 0 Å². The van der Waals surface area contributed by atoms with Crippen LogP contribution >= 0.6 is 0 Å². The molecule has 0 saturated heterocycles. The van der Waals surface area contributed by atoms with Crippen molar-refractivity contribution < 1.29 is 4.52 Å². The summed E-state index contributed by atoms with van der Waals surface area (Å²) in [6, 6.07) is 3.93. The van der Waals surface area contributed by atoms with Crippen molar-refractivity contribution in [2.75, 3.05) is 5.32 Å². The van der Waals surface area contributed by atoms with Gasteiger partial charge in [0.1, 0.15) is 5.82 Å². The summed E-state index contributed by atoms with van der Waals surface area (Å²) < 4.78 is 7.22. The van der Waals surface area contributed by atoms with Crippen molar-refractivity contribution in [2.24, 2.45) is 0 Å². The summed E-state index contributed by atoms with van der Waals surface area (Å²) in [6.07, 6.45) is 4.83. The van der Waals surface area contributed by atoms with E-state index in [1.54, 1.807) is 4.52 Å². The lowest BCUT2D eigenvalue weighted by Crippen LogP contribution is -2.08. The third-order valence-corrected chi connectivity index (χ3v) is 4.29. The van der Waals surface area contributed by atoms with E-state index in [-0.39, 0.29) is 0 Å². The van der Waals surface area contributed by atoms with E-state index in [9.17, 15) is 0 Å². The lowest BCUT2D eigenvalue weighted by molar-refractivity contribution is 0.350. The Hall–Kier alpha value is -2.44. The molecule has 1 aliphatic rings. The van der Waals surface area contributed by atoms with E-state index in [2.05, 4.69) is 25.5 Å². The average Bonchev–Trinajstić information content (AvgIpc) is 3.24. The molecule has 7 nitrogen and oxygen atoms in total. The Morgan fingerprint density at radius 2 is 2.00 bits per heavy atom. The minimum absolute atomic E-state index is 0.444. The predicted octanol–water partition coefficient (Wildman–Crippen LogP) is 3.00. The zero-order valence-corrected chi connectivity index (χ0v) is 13.4. The second-order valence-corrected chi connectivity index (χ2v) is 6.22. The highest BCUT2D eigenvalue weighted by molar-refractivity contribution is 5.50. The van der Waals surface area contributed by atoms with Crippen LogP contribution in [0.2, 0.25) is 0 Å². The Labute approximate surface area is 134 Å². The van der Waals surface area contributed by atoms with Gasteiger partial charge in [-0.2, -0.15) is 14.6 Å². The van der Waals surface area contributed by atoms with Crippen LogP contribution < -0.4 is 5.32 Å². The van der Waals surface area contributed by atoms with E-state index < -0.39 is 0 Å². The Morgan fingerprint density at radius 3 is 2.83 bits per heavy atom. The minimum atomic E-state index is 0.444. The Balaban J connectivity index is 1.52. The fraction of sp³-hybridized carbons (Fsp3) is 0.500. The smallest absolute Gasteiger partial charge is 0.229 e. The molecule has 0 unspecified atom stereocenters. The normalized spacial score (nSPS) is 15.6. The summed E-state index contributed by atoms with van der Waals surface area (Å²) in [6.45, 7) is 4.44. The molecule has 7 heteroatoms. The fourth-order valence-electron chi connectivity index (χ4n) is 3.19. The first-order valence-electron chi connectivity index (χ1n) is 8.09. The quantitative estimate of drug-likeness (QED) is 0.797. The molecule has 0 bridgehead atoms. The van der Waals surface area contributed by atoms with E-state index in [1.165, 1.54) is 12.8 Å². The van der Waals surface area contributed by atoms with Gasteiger partial charge in [-0.1, -0.05) is 18.0 Å². The summed E-state index contributed by atoms with van der Waals surface area (Å²) in [5.41, 5.74) is 2.72. The van der Waals surface area contributed by atoms with E-state index >= 15 is 0 Å². The van der Waals surface area contributed by atoms with Crippen LogP contribution in [-0.2, 0) is 6.54 Å². The van der Waals surface area contributed by atoms with Gasteiger partial charge in [0.25, 0.3) is 0 Å². The molecule has 0 aliphatic heterocycles. The number of rotatable bonds is 4. The molecule has 23 heavy (non-hydrogen) atoms. The lowest BCUT2D eigenvalue weighted by Gasteiger charge is -2.07. The SMILES string of the molecule is Cc1cc(NCc2noc(C3CCCC3)n2)n2nc(C)cc2n1.